The molecule has 0 bridgehead atoms. The average Bonchev–Trinajstić information content (AvgIpc) is 2.91. The van der Waals surface area contributed by atoms with Gasteiger partial charge in [0.15, 0.2) is 0 Å². The molecule has 1 heterocycles. The first kappa shape index (κ1) is 18.9. The molecule has 5 nitrogen and oxygen atoms in total. The minimum absolute atomic E-state index is 0. The average molecular weight is 329 g/mol. The maximum atomic E-state index is 12.4. The topological polar surface area (TPSA) is 72.8 Å². The molecule has 1 aromatic rings. The molecule has 1 amide bonds. The molecule has 0 radical (unpaired) electrons. The number of aryl methyl sites for hydroxylation is 1. The molecule has 0 aromatic heterocycles. The molecule has 3 N–H and O–H groups in total. The molecule has 0 saturated carbocycles. The summed E-state index contributed by atoms with van der Waals surface area (Å²) >= 11 is 0. The van der Waals surface area contributed by atoms with Gasteiger partial charge in [0.2, 0.25) is 5.91 Å². The Hall–Kier alpha value is -1.14. The van der Waals surface area contributed by atoms with Gasteiger partial charge in [-0.15, -0.1) is 12.4 Å². The first-order chi connectivity index (χ1) is 10.0. The molecule has 1 saturated heterocycles. The normalized spacial score (nSPS) is 22.0. The van der Waals surface area contributed by atoms with Crippen LogP contribution in [-0.4, -0.2) is 52.8 Å². The van der Waals surface area contributed by atoms with E-state index in [1.54, 1.807) is 4.90 Å². The molecule has 6 heteroatoms. The number of rotatable bonds is 5. The molecule has 0 aliphatic carbocycles. The number of hydrogen-bond donors (Lipinski definition) is 3. The van der Waals surface area contributed by atoms with E-state index >= 15 is 0 Å². The van der Waals surface area contributed by atoms with E-state index in [1.807, 2.05) is 38.1 Å². The molecule has 3 unspecified atom stereocenters. The minimum Gasteiger partial charge on any atom is -0.392 e. The van der Waals surface area contributed by atoms with E-state index < -0.39 is 12.2 Å². The Morgan fingerprint density at radius 1 is 1.41 bits per heavy atom. The van der Waals surface area contributed by atoms with Gasteiger partial charge in [-0.3, -0.25) is 4.79 Å². The van der Waals surface area contributed by atoms with Gasteiger partial charge in [0.25, 0.3) is 0 Å². The largest absolute Gasteiger partial charge is 0.392 e. The van der Waals surface area contributed by atoms with Crippen molar-refractivity contribution in [3.05, 3.63) is 35.4 Å². The van der Waals surface area contributed by atoms with E-state index in [0.29, 0.717) is 19.5 Å². The van der Waals surface area contributed by atoms with Gasteiger partial charge in [-0.05, 0) is 25.8 Å². The van der Waals surface area contributed by atoms with Crippen molar-refractivity contribution in [1.82, 2.24) is 10.2 Å². The van der Waals surface area contributed by atoms with Crippen LogP contribution in [0.4, 0.5) is 0 Å². The molecule has 1 aliphatic heterocycles. The van der Waals surface area contributed by atoms with Crippen LogP contribution in [-0.2, 0) is 4.79 Å². The molecular weight excluding hydrogens is 304 g/mol. The number of amides is 1. The van der Waals surface area contributed by atoms with Crippen molar-refractivity contribution in [3.8, 4) is 0 Å². The smallest absolute Gasteiger partial charge is 0.239 e. The number of nitrogens with one attached hydrogen (secondary N) is 1. The van der Waals surface area contributed by atoms with E-state index in [-0.39, 0.29) is 30.9 Å². The summed E-state index contributed by atoms with van der Waals surface area (Å²) in [5.41, 5.74) is 1.95. The van der Waals surface area contributed by atoms with Gasteiger partial charge < -0.3 is 20.4 Å². The second kappa shape index (κ2) is 8.48. The van der Waals surface area contributed by atoms with E-state index in [0.717, 1.165) is 11.1 Å². The van der Waals surface area contributed by atoms with Crippen LogP contribution in [0.5, 0.6) is 0 Å². The van der Waals surface area contributed by atoms with E-state index in [4.69, 9.17) is 0 Å². The highest BCUT2D eigenvalue weighted by Gasteiger charge is 2.31. The summed E-state index contributed by atoms with van der Waals surface area (Å²) in [4.78, 5) is 14.0. The number of β-amino-alcohol motifs (C(OH)–C–C–N with tert-alkyl or cyclic N) is 1. The molecule has 1 aliphatic rings. The Labute approximate surface area is 137 Å². The lowest BCUT2D eigenvalue weighted by molar-refractivity contribution is -0.134. The summed E-state index contributed by atoms with van der Waals surface area (Å²) in [6.45, 7) is 5.15. The standard InChI is InChI=1S/C16H24N2O3.ClH/c1-3-18(16(21)14-8-13(19)9-17-14)10-15(20)12-6-4-11(2)5-7-12;/h4-7,13-15,17,19-20H,3,8-10H2,1-2H3;1H. The van der Waals surface area contributed by atoms with Gasteiger partial charge in [0.05, 0.1) is 24.8 Å². The fourth-order valence-corrected chi connectivity index (χ4v) is 2.60. The van der Waals surface area contributed by atoms with E-state index in [1.165, 1.54) is 0 Å². The maximum absolute atomic E-state index is 12.4. The van der Waals surface area contributed by atoms with Crippen molar-refractivity contribution in [2.75, 3.05) is 19.6 Å². The number of carbonyl (C=O) groups excluding carboxylic acids is 1. The van der Waals surface area contributed by atoms with Crippen LogP contribution in [0.3, 0.4) is 0 Å². The number of carbonyl (C=O) groups is 1. The summed E-state index contributed by atoms with van der Waals surface area (Å²) in [6, 6.07) is 7.33. The fourth-order valence-electron chi connectivity index (χ4n) is 2.60. The molecule has 124 valence electrons. The van der Waals surface area contributed by atoms with E-state index in [9.17, 15) is 15.0 Å². The van der Waals surface area contributed by atoms with Gasteiger partial charge in [0, 0.05) is 13.1 Å². The lowest BCUT2D eigenvalue weighted by Gasteiger charge is -2.26. The summed E-state index contributed by atoms with van der Waals surface area (Å²) in [7, 11) is 0. The third-order valence-corrected chi connectivity index (χ3v) is 3.95. The third-order valence-electron chi connectivity index (χ3n) is 3.95. The zero-order valence-corrected chi connectivity index (χ0v) is 13.8. The van der Waals surface area contributed by atoms with Crippen molar-refractivity contribution in [3.63, 3.8) is 0 Å². The lowest BCUT2D eigenvalue weighted by atomic mass is 10.1. The predicted molar refractivity (Wildman–Crippen MR) is 88.1 cm³/mol. The third kappa shape index (κ3) is 4.68. The highest BCUT2D eigenvalue weighted by atomic mass is 35.5. The molecular formula is C16H25ClN2O3. The van der Waals surface area contributed by atoms with Crippen molar-refractivity contribution in [1.29, 1.82) is 0 Å². The SMILES string of the molecule is CCN(CC(O)c1ccc(C)cc1)C(=O)C1CC(O)CN1.Cl. The maximum Gasteiger partial charge on any atom is 0.239 e. The second-order valence-electron chi connectivity index (χ2n) is 5.65. The Kier molecular flexibility index (Phi) is 7.29. The van der Waals surface area contributed by atoms with Crippen LogP contribution < -0.4 is 5.32 Å². The Morgan fingerprint density at radius 2 is 2.05 bits per heavy atom. The number of likely N-dealkylation sites (N-methyl/N-ethyl adjacent to an activating group) is 1. The minimum atomic E-state index is -0.694. The molecule has 1 fully saturated rings. The van der Waals surface area contributed by atoms with Crippen molar-refractivity contribution in [2.24, 2.45) is 0 Å². The number of nitrogens with zero attached hydrogens (tertiary/aromatic N) is 1. The molecule has 0 spiro atoms. The number of halogens is 1. The van der Waals surface area contributed by atoms with Crippen LogP contribution in [0.15, 0.2) is 24.3 Å². The number of benzene rings is 1. The van der Waals surface area contributed by atoms with Gasteiger partial charge in [-0.25, -0.2) is 0 Å². The summed E-state index contributed by atoms with van der Waals surface area (Å²) in [5, 5.41) is 22.8. The fraction of sp³-hybridized carbons (Fsp3) is 0.562. The van der Waals surface area contributed by atoms with Gasteiger partial charge >= 0.3 is 0 Å². The molecule has 22 heavy (non-hydrogen) atoms. The van der Waals surface area contributed by atoms with Gasteiger partial charge in [-0.2, -0.15) is 0 Å². The van der Waals surface area contributed by atoms with Crippen LogP contribution in [0.2, 0.25) is 0 Å². The van der Waals surface area contributed by atoms with Gasteiger partial charge in [0.1, 0.15) is 0 Å². The van der Waals surface area contributed by atoms with Crippen LogP contribution in [0, 0.1) is 6.92 Å². The highest BCUT2D eigenvalue weighted by molar-refractivity contribution is 5.85. The number of aliphatic hydroxyl groups excluding tert-OH is 2. The number of aliphatic hydroxyl groups is 2. The zero-order valence-electron chi connectivity index (χ0n) is 13.0. The highest BCUT2D eigenvalue weighted by Crippen LogP contribution is 2.17. The first-order valence-electron chi connectivity index (χ1n) is 7.46. The summed E-state index contributed by atoms with van der Waals surface area (Å²) < 4.78 is 0. The van der Waals surface area contributed by atoms with Gasteiger partial charge in [-0.1, -0.05) is 29.8 Å². The first-order valence-corrected chi connectivity index (χ1v) is 7.46. The van der Waals surface area contributed by atoms with Crippen molar-refractivity contribution in [2.45, 2.75) is 38.5 Å². The predicted octanol–water partition coefficient (Wildman–Crippen LogP) is 1.02. The Balaban J connectivity index is 0.00000242. The molecule has 1 aromatic carbocycles. The van der Waals surface area contributed by atoms with Crippen LogP contribution in [0.25, 0.3) is 0 Å². The van der Waals surface area contributed by atoms with Crippen LogP contribution in [0.1, 0.15) is 30.6 Å². The summed E-state index contributed by atoms with van der Waals surface area (Å²) in [6.07, 6.45) is -0.712. The lowest BCUT2D eigenvalue weighted by Crippen LogP contribution is -2.45. The zero-order chi connectivity index (χ0) is 15.4. The van der Waals surface area contributed by atoms with Crippen molar-refractivity contribution < 1.29 is 15.0 Å². The number of hydrogen-bond acceptors (Lipinski definition) is 4. The Bertz CT molecular complexity index is 481. The van der Waals surface area contributed by atoms with E-state index in [2.05, 4.69) is 5.32 Å². The summed E-state index contributed by atoms with van der Waals surface area (Å²) in [5.74, 6) is -0.0554. The quantitative estimate of drug-likeness (QED) is 0.754. The van der Waals surface area contributed by atoms with Crippen molar-refractivity contribution >= 4 is 18.3 Å². The second-order valence-corrected chi connectivity index (χ2v) is 5.65. The molecule has 2 rings (SSSR count). The Morgan fingerprint density at radius 3 is 2.55 bits per heavy atom. The monoisotopic (exact) mass is 328 g/mol. The molecule has 3 atom stereocenters. The van der Waals surface area contributed by atoms with Crippen LogP contribution >= 0.6 is 12.4 Å².